The van der Waals surface area contributed by atoms with Crippen LogP contribution in [-0.2, 0) is 21.5 Å². The van der Waals surface area contributed by atoms with Crippen LogP contribution in [0.25, 0.3) is 0 Å². The van der Waals surface area contributed by atoms with E-state index in [1.165, 1.54) is 12.1 Å². The monoisotopic (exact) mass is 467 g/mol. The lowest BCUT2D eigenvalue weighted by Gasteiger charge is -2.17. The Morgan fingerprint density at radius 3 is 2.12 bits per heavy atom. The zero-order valence-corrected chi connectivity index (χ0v) is 19.1. The molecule has 0 bridgehead atoms. The quantitative estimate of drug-likeness (QED) is 0.528. The van der Waals surface area contributed by atoms with E-state index in [-0.39, 0.29) is 10.8 Å². The maximum absolute atomic E-state index is 12.4. The molecule has 1 heterocycles. The third-order valence-electron chi connectivity index (χ3n) is 5.45. The molecule has 3 aromatic carbocycles. The van der Waals surface area contributed by atoms with Crippen molar-refractivity contribution in [1.82, 2.24) is 0 Å². The molecule has 172 valence electrons. The highest BCUT2D eigenvalue weighted by Gasteiger charge is 2.28. The number of hydrogen-bond donors (Lipinski definition) is 2. The normalized spacial score (nSPS) is 13.7. The molecule has 0 radical (unpaired) electrons. The Morgan fingerprint density at radius 2 is 1.61 bits per heavy atom. The number of fused-ring (bicyclic) bond motifs is 1. The van der Waals surface area contributed by atoms with Crippen molar-refractivity contribution < 1.29 is 27.7 Å². The summed E-state index contributed by atoms with van der Waals surface area (Å²) in [5.41, 5.74) is 4.28. The van der Waals surface area contributed by atoms with E-state index in [0.29, 0.717) is 13.0 Å². The highest BCUT2D eigenvalue weighted by molar-refractivity contribution is 7.85. The lowest BCUT2D eigenvalue weighted by Crippen LogP contribution is -2.23. The van der Waals surface area contributed by atoms with Crippen LogP contribution in [0.15, 0.2) is 77.7 Å². The van der Waals surface area contributed by atoms with Crippen LogP contribution in [0.1, 0.15) is 46.3 Å². The largest absolute Gasteiger partial charge is 0.481 e. The number of aryl methyl sites for hydroxylation is 1. The van der Waals surface area contributed by atoms with Gasteiger partial charge < -0.3 is 10.0 Å². The second-order valence-electron chi connectivity index (χ2n) is 7.73. The van der Waals surface area contributed by atoms with Gasteiger partial charge in [0.15, 0.2) is 0 Å². The molecule has 1 unspecified atom stereocenters. The maximum atomic E-state index is 12.4. The smallest absolute Gasteiger partial charge is 0.310 e. The number of anilines is 1. The number of carboxylic acid groups (broad SMARTS) is 1. The van der Waals surface area contributed by atoms with Gasteiger partial charge in [0.1, 0.15) is 0 Å². The molecular formula is C25H25NO6S. The summed E-state index contributed by atoms with van der Waals surface area (Å²) in [5, 5.41) is 9.20. The van der Waals surface area contributed by atoms with Gasteiger partial charge in [0, 0.05) is 11.3 Å². The number of aliphatic carboxylic acids is 1. The lowest BCUT2D eigenvalue weighted by atomic mass is 9.96. The van der Waals surface area contributed by atoms with E-state index in [9.17, 15) is 23.1 Å². The molecule has 0 aliphatic carbocycles. The van der Waals surface area contributed by atoms with E-state index in [0.717, 1.165) is 27.9 Å². The van der Waals surface area contributed by atoms with Gasteiger partial charge in [0.25, 0.3) is 16.0 Å². The van der Waals surface area contributed by atoms with Gasteiger partial charge >= 0.3 is 5.97 Å². The molecule has 1 atom stereocenters. The number of benzene rings is 3. The van der Waals surface area contributed by atoms with Crippen molar-refractivity contribution in [3.8, 4) is 0 Å². The molecule has 1 aliphatic heterocycles. The summed E-state index contributed by atoms with van der Waals surface area (Å²) in [5.74, 6) is -1.32. The Labute approximate surface area is 193 Å². The third-order valence-corrected chi connectivity index (χ3v) is 6.32. The zero-order valence-electron chi connectivity index (χ0n) is 18.3. The Bertz CT molecular complexity index is 1250. The second-order valence-corrected chi connectivity index (χ2v) is 9.15. The van der Waals surface area contributed by atoms with Gasteiger partial charge in [-0.1, -0.05) is 55.0 Å². The summed E-state index contributed by atoms with van der Waals surface area (Å²) in [7, 11) is -4.02. The SMILES string of the molecule is CCC(C(=O)O)c1ccc(N2Cc3ccccc3C2=O)cc1.Cc1ccc(S(=O)(=O)O)cc1. The molecule has 8 heteroatoms. The average Bonchev–Trinajstić information content (AvgIpc) is 3.11. The highest BCUT2D eigenvalue weighted by Crippen LogP contribution is 2.29. The topological polar surface area (TPSA) is 112 Å². The molecule has 0 aromatic heterocycles. The Morgan fingerprint density at radius 1 is 1.00 bits per heavy atom. The van der Waals surface area contributed by atoms with Gasteiger partial charge in [-0.05, 0) is 54.8 Å². The maximum Gasteiger partial charge on any atom is 0.310 e. The average molecular weight is 468 g/mol. The van der Waals surface area contributed by atoms with E-state index in [1.807, 2.05) is 50.2 Å². The molecule has 3 aromatic rings. The van der Waals surface area contributed by atoms with Gasteiger partial charge in [-0.25, -0.2) is 0 Å². The number of hydrogen-bond acceptors (Lipinski definition) is 4. The van der Waals surface area contributed by atoms with Gasteiger partial charge in [-0.3, -0.25) is 14.1 Å². The summed E-state index contributed by atoms with van der Waals surface area (Å²) in [6, 6.07) is 20.8. The standard InChI is InChI=1S/C18H17NO3.C7H8O3S/c1-2-15(18(21)22)12-7-9-14(10-8-12)19-11-13-5-3-4-6-16(13)17(19)20;1-6-2-4-7(5-3-6)11(8,9)10/h3-10,15H,2,11H2,1H3,(H,21,22);2-5H,1H3,(H,8,9,10). The summed E-state index contributed by atoms with van der Waals surface area (Å²) in [4.78, 5) is 25.3. The van der Waals surface area contributed by atoms with Crippen molar-refractivity contribution in [3.63, 3.8) is 0 Å². The second kappa shape index (κ2) is 9.97. The first-order chi connectivity index (χ1) is 15.6. The van der Waals surface area contributed by atoms with Crippen molar-refractivity contribution in [2.75, 3.05) is 4.90 Å². The molecule has 1 amide bonds. The predicted octanol–water partition coefficient (Wildman–Crippen LogP) is 4.67. The fourth-order valence-electron chi connectivity index (χ4n) is 3.61. The van der Waals surface area contributed by atoms with E-state index < -0.39 is 22.0 Å². The lowest BCUT2D eigenvalue weighted by molar-refractivity contribution is -0.138. The molecule has 7 nitrogen and oxygen atoms in total. The van der Waals surface area contributed by atoms with Crippen LogP contribution in [0.3, 0.4) is 0 Å². The number of carbonyl (C=O) groups excluding carboxylic acids is 1. The van der Waals surface area contributed by atoms with Crippen molar-refractivity contribution in [3.05, 3.63) is 95.1 Å². The van der Waals surface area contributed by atoms with Crippen LogP contribution in [0.5, 0.6) is 0 Å². The van der Waals surface area contributed by atoms with Crippen molar-refractivity contribution in [1.29, 1.82) is 0 Å². The van der Waals surface area contributed by atoms with E-state index in [1.54, 1.807) is 29.2 Å². The van der Waals surface area contributed by atoms with E-state index in [4.69, 9.17) is 4.55 Å². The summed E-state index contributed by atoms with van der Waals surface area (Å²) in [6.07, 6.45) is 0.544. The summed E-state index contributed by atoms with van der Waals surface area (Å²) < 4.78 is 29.6. The Hall–Kier alpha value is -3.49. The highest BCUT2D eigenvalue weighted by atomic mass is 32.2. The number of nitrogens with zero attached hydrogens (tertiary/aromatic N) is 1. The van der Waals surface area contributed by atoms with Crippen molar-refractivity contribution in [2.24, 2.45) is 0 Å². The third kappa shape index (κ3) is 5.66. The van der Waals surface area contributed by atoms with Crippen molar-refractivity contribution >= 4 is 27.7 Å². The minimum atomic E-state index is -4.02. The summed E-state index contributed by atoms with van der Waals surface area (Å²) >= 11 is 0. The van der Waals surface area contributed by atoms with Gasteiger partial charge in [-0.2, -0.15) is 8.42 Å². The predicted molar refractivity (Wildman–Crippen MR) is 125 cm³/mol. The molecule has 1 aliphatic rings. The van der Waals surface area contributed by atoms with Crippen molar-refractivity contribution in [2.45, 2.75) is 37.6 Å². The minimum absolute atomic E-state index is 0.00590. The molecule has 2 N–H and O–H groups in total. The van der Waals surface area contributed by atoms with E-state index in [2.05, 4.69) is 0 Å². The fourth-order valence-corrected chi connectivity index (χ4v) is 4.09. The number of amides is 1. The molecule has 4 rings (SSSR count). The molecule has 0 saturated heterocycles. The molecule has 0 fully saturated rings. The molecular weight excluding hydrogens is 442 g/mol. The van der Waals surface area contributed by atoms with E-state index >= 15 is 0 Å². The zero-order chi connectivity index (χ0) is 24.2. The van der Waals surface area contributed by atoms with Crippen LogP contribution in [-0.4, -0.2) is 30.0 Å². The number of carboxylic acids is 1. The van der Waals surface area contributed by atoms with Crippen LogP contribution in [0, 0.1) is 6.92 Å². The Kier molecular flexibility index (Phi) is 7.30. The first-order valence-corrected chi connectivity index (χ1v) is 11.8. The minimum Gasteiger partial charge on any atom is -0.481 e. The first kappa shape index (κ1) is 24.2. The van der Waals surface area contributed by atoms with Crippen LogP contribution >= 0.6 is 0 Å². The van der Waals surface area contributed by atoms with Crippen LogP contribution in [0.4, 0.5) is 5.69 Å². The van der Waals surface area contributed by atoms with Gasteiger partial charge in [0.05, 0.1) is 17.4 Å². The number of carbonyl (C=O) groups is 2. The Balaban J connectivity index is 0.000000235. The number of rotatable bonds is 5. The molecule has 0 saturated carbocycles. The first-order valence-electron chi connectivity index (χ1n) is 10.4. The van der Waals surface area contributed by atoms with Crippen LogP contribution in [0.2, 0.25) is 0 Å². The van der Waals surface area contributed by atoms with Crippen LogP contribution < -0.4 is 4.90 Å². The molecule has 0 spiro atoms. The van der Waals surface area contributed by atoms with Gasteiger partial charge in [0.2, 0.25) is 0 Å². The van der Waals surface area contributed by atoms with Gasteiger partial charge in [-0.15, -0.1) is 0 Å². The fraction of sp³-hybridized carbons (Fsp3) is 0.200. The molecule has 33 heavy (non-hydrogen) atoms. The summed E-state index contributed by atoms with van der Waals surface area (Å²) in [6.45, 7) is 4.26.